The molecule has 0 aliphatic carbocycles. The van der Waals surface area contributed by atoms with E-state index in [1.165, 1.54) is 19.1 Å². The fraction of sp³-hybridized carbons (Fsp3) is 0.300. The second-order valence-electron chi connectivity index (χ2n) is 3.73. The quantitative estimate of drug-likeness (QED) is 0.882. The van der Waals surface area contributed by atoms with E-state index in [2.05, 4.69) is 4.72 Å². The fourth-order valence-corrected chi connectivity index (χ4v) is 3.22. The van der Waals surface area contributed by atoms with Gasteiger partial charge in [0, 0.05) is 5.02 Å². The topological polar surface area (TPSA) is 89.3 Å². The molecule has 0 fully saturated rings. The molecule has 18 heavy (non-hydrogen) atoms. The first-order valence-corrected chi connectivity index (χ1v) is 7.17. The molecule has 3 N–H and O–H groups in total. The van der Waals surface area contributed by atoms with E-state index < -0.39 is 22.0 Å². The van der Waals surface area contributed by atoms with E-state index >= 15 is 0 Å². The second kappa shape index (κ2) is 5.44. The summed E-state index contributed by atoms with van der Waals surface area (Å²) in [5.74, 6) is -0.777. The largest absolute Gasteiger partial charge is 0.368 e. The summed E-state index contributed by atoms with van der Waals surface area (Å²) >= 11 is 11.7. The van der Waals surface area contributed by atoms with E-state index in [-0.39, 0.29) is 9.92 Å². The predicted molar refractivity (Wildman–Crippen MR) is 70.2 cm³/mol. The maximum atomic E-state index is 12.0. The molecule has 0 aliphatic rings. The van der Waals surface area contributed by atoms with Crippen LogP contribution in [0.2, 0.25) is 10.0 Å². The summed E-state index contributed by atoms with van der Waals surface area (Å²) in [4.78, 5) is 10.7. The molecule has 1 atom stereocenters. The molecule has 0 aliphatic heterocycles. The van der Waals surface area contributed by atoms with Crippen molar-refractivity contribution in [1.82, 2.24) is 4.72 Å². The van der Waals surface area contributed by atoms with E-state index in [1.807, 2.05) is 0 Å². The van der Waals surface area contributed by atoms with Crippen molar-refractivity contribution in [1.29, 1.82) is 0 Å². The van der Waals surface area contributed by atoms with Crippen LogP contribution in [-0.4, -0.2) is 20.4 Å². The van der Waals surface area contributed by atoms with Gasteiger partial charge < -0.3 is 5.73 Å². The van der Waals surface area contributed by atoms with Crippen molar-refractivity contribution in [2.75, 3.05) is 0 Å². The van der Waals surface area contributed by atoms with Crippen LogP contribution in [-0.2, 0) is 14.8 Å². The highest BCUT2D eigenvalue weighted by molar-refractivity contribution is 7.89. The molecule has 0 spiro atoms. The van der Waals surface area contributed by atoms with E-state index in [0.717, 1.165) is 0 Å². The van der Waals surface area contributed by atoms with Gasteiger partial charge in [0.2, 0.25) is 15.9 Å². The maximum absolute atomic E-state index is 12.0. The lowest BCUT2D eigenvalue weighted by Gasteiger charge is -2.13. The highest BCUT2D eigenvalue weighted by Gasteiger charge is 2.24. The van der Waals surface area contributed by atoms with Crippen molar-refractivity contribution in [2.24, 2.45) is 5.73 Å². The second-order valence-corrected chi connectivity index (χ2v) is 6.20. The van der Waals surface area contributed by atoms with Gasteiger partial charge >= 0.3 is 0 Å². The third kappa shape index (κ3) is 3.14. The summed E-state index contributed by atoms with van der Waals surface area (Å²) < 4.78 is 26.1. The molecule has 0 radical (unpaired) electrons. The van der Waals surface area contributed by atoms with E-state index in [0.29, 0.717) is 10.6 Å². The Morgan fingerprint density at radius 3 is 2.44 bits per heavy atom. The number of rotatable bonds is 4. The number of nitrogens with two attached hydrogens (primary N) is 1. The molecule has 0 saturated carbocycles. The Morgan fingerprint density at radius 2 is 1.94 bits per heavy atom. The molecule has 5 nitrogen and oxygen atoms in total. The number of hydrogen-bond acceptors (Lipinski definition) is 3. The first-order valence-electron chi connectivity index (χ1n) is 4.93. The van der Waals surface area contributed by atoms with Crippen molar-refractivity contribution in [3.63, 3.8) is 0 Å². The van der Waals surface area contributed by atoms with Crippen LogP contribution in [0.3, 0.4) is 0 Å². The van der Waals surface area contributed by atoms with Crippen molar-refractivity contribution < 1.29 is 13.2 Å². The zero-order chi connectivity index (χ0) is 14.1. The molecule has 0 heterocycles. The minimum atomic E-state index is -3.92. The average Bonchev–Trinajstić information content (AvgIpc) is 2.24. The lowest BCUT2D eigenvalue weighted by atomic mass is 10.2. The van der Waals surface area contributed by atoms with Gasteiger partial charge in [0.05, 0.1) is 11.1 Å². The van der Waals surface area contributed by atoms with Gasteiger partial charge in [0.15, 0.2) is 0 Å². The highest BCUT2D eigenvalue weighted by Crippen LogP contribution is 2.30. The normalized spacial score (nSPS) is 13.3. The van der Waals surface area contributed by atoms with Gasteiger partial charge in [0.25, 0.3) is 0 Å². The smallest absolute Gasteiger partial charge is 0.242 e. The zero-order valence-corrected chi connectivity index (χ0v) is 12.0. The number of carbonyl (C=O) groups excluding carboxylic acids is 1. The first-order chi connectivity index (χ1) is 8.16. The SMILES string of the molecule is Cc1c(Cl)ccc(S(=O)(=O)NC(C)C(N)=O)c1Cl. The third-order valence-electron chi connectivity index (χ3n) is 2.33. The van der Waals surface area contributed by atoms with Crippen LogP contribution in [0.1, 0.15) is 12.5 Å². The monoisotopic (exact) mass is 310 g/mol. The maximum Gasteiger partial charge on any atom is 0.242 e. The number of benzene rings is 1. The summed E-state index contributed by atoms with van der Waals surface area (Å²) in [6.07, 6.45) is 0. The van der Waals surface area contributed by atoms with Crippen LogP contribution in [0.25, 0.3) is 0 Å². The molecule has 0 saturated heterocycles. The Hall–Kier alpha value is -0.820. The zero-order valence-electron chi connectivity index (χ0n) is 9.70. The minimum Gasteiger partial charge on any atom is -0.368 e. The van der Waals surface area contributed by atoms with Gasteiger partial charge in [-0.15, -0.1) is 0 Å². The van der Waals surface area contributed by atoms with Crippen LogP contribution >= 0.6 is 23.2 Å². The Labute approximate surface area is 115 Å². The Kier molecular flexibility index (Phi) is 4.61. The number of nitrogens with one attached hydrogen (secondary N) is 1. The molecule has 1 amide bonds. The highest BCUT2D eigenvalue weighted by atomic mass is 35.5. The Morgan fingerprint density at radius 1 is 1.39 bits per heavy atom. The Bertz CT molecular complexity index is 587. The third-order valence-corrected chi connectivity index (χ3v) is 4.92. The van der Waals surface area contributed by atoms with Gasteiger partial charge in [-0.3, -0.25) is 4.79 Å². The van der Waals surface area contributed by atoms with Gasteiger partial charge in [-0.25, -0.2) is 8.42 Å². The van der Waals surface area contributed by atoms with Crippen LogP contribution in [0.15, 0.2) is 17.0 Å². The summed E-state index contributed by atoms with van der Waals surface area (Å²) in [5, 5.41) is 0.383. The Balaban J connectivity index is 3.22. The van der Waals surface area contributed by atoms with Crippen LogP contribution in [0.5, 0.6) is 0 Å². The van der Waals surface area contributed by atoms with Crippen molar-refractivity contribution in [3.05, 3.63) is 27.7 Å². The van der Waals surface area contributed by atoms with Gasteiger partial charge in [-0.2, -0.15) is 4.72 Å². The summed E-state index contributed by atoms with van der Waals surface area (Å²) in [6, 6.07) is 1.67. The molecule has 1 unspecified atom stereocenters. The molecule has 1 aromatic rings. The predicted octanol–water partition coefficient (Wildman–Crippen LogP) is 1.45. The molecule has 1 aromatic carbocycles. The molecular weight excluding hydrogens is 299 g/mol. The number of primary amides is 1. The van der Waals surface area contributed by atoms with Crippen molar-refractivity contribution in [3.8, 4) is 0 Å². The molecule has 100 valence electrons. The summed E-state index contributed by atoms with van der Waals surface area (Å²) in [5.41, 5.74) is 5.45. The number of amides is 1. The van der Waals surface area contributed by atoms with Gasteiger partial charge in [0.1, 0.15) is 4.90 Å². The van der Waals surface area contributed by atoms with Crippen LogP contribution in [0, 0.1) is 6.92 Å². The van der Waals surface area contributed by atoms with E-state index in [1.54, 1.807) is 6.92 Å². The fourth-order valence-electron chi connectivity index (χ4n) is 1.20. The van der Waals surface area contributed by atoms with Gasteiger partial charge in [-0.05, 0) is 31.5 Å². The molecule has 1 rings (SSSR count). The number of halogens is 2. The van der Waals surface area contributed by atoms with Crippen LogP contribution in [0.4, 0.5) is 0 Å². The minimum absolute atomic E-state index is 0.0201. The standard InChI is InChI=1S/C10H12Cl2N2O3S/c1-5-7(11)3-4-8(9(5)12)18(16,17)14-6(2)10(13)15/h3-4,6,14H,1-2H3,(H2,13,15). The molecule has 8 heteroatoms. The number of hydrogen-bond donors (Lipinski definition) is 2. The first kappa shape index (κ1) is 15.2. The van der Waals surface area contributed by atoms with Crippen molar-refractivity contribution >= 4 is 39.1 Å². The number of sulfonamides is 1. The molecule has 0 bridgehead atoms. The van der Waals surface area contributed by atoms with Crippen molar-refractivity contribution in [2.45, 2.75) is 24.8 Å². The van der Waals surface area contributed by atoms with E-state index in [4.69, 9.17) is 28.9 Å². The lowest BCUT2D eigenvalue weighted by molar-refractivity contribution is -0.119. The number of carbonyl (C=O) groups is 1. The van der Waals surface area contributed by atoms with Gasteiger partial charge in [-0.1, -0.05) is 23.2 Å². The molecular formula is C10H12Cl2N2O3S. The van der Waals surface area contributed by atoms with E-state index in [9.17, 15) is 13.2 Å². The van der Waals surface area contributed by atoms with Crippen LogP contribution < -0.4 is 10.5 Å². The summed E-state index contributed by atoms with van der Waals surface area (Å²) in [6.45, 7) is 2.94. The average molecular weight is 311 g/mol. The molecule has 0 aromatic heterocycles. The summed E-state index contributed by atoms with van der Waals surface area (Å²) in [7, 11) is -3.92. The lowest BCUT2D eigenvalue weighted by Crippen LogP contribution is -2.42.